The highest BCUT2D eigenvalue weighted by molar-refractivity contribution is 6.13. The maximum absolute atomic E-state index is 2.42. The fourth-order valence-corrected chi connectivity index (χ4v) is 8.41. The third-order valence-electron chi connectivity index (χ3n) is 10.6. The van der Waals surface area contributed by atoms with Crippen molar-refractivity contribution in [3.05, 3.63) is 188 Å². The predicted octanol–water partition coefficient (Wildman–Crippen LogP) is 12.6. The second kappa shape index (κ2) is 10.8. The van der Waals surface area contributed by atoms with Crippen molar-refractivity contribution in [3.63, 3.8) is 0 Å². The average Bonchev–Trinajstić information content (AvgIpc) is 3.83. The molecule has 0 aliphatic heterocycles. The number of aromatic nitrogens is 3. The number of rotatable bonds is 4. The van der Waals surface area contributed by atoms with Gasteiger partial charge in [-0.25, -0.2) is 0 Å². The second-order valence-electron chi connectivity index (χ2n) is 13.4. The van der Waals surface area contributed by atoms with Gasteiger partial charge in [-0.15, -0.1) is 0 Å². The third kappa shape index (κ3) is 4.12. The highest BCUT2D eigenvalue weighted by Gasteiger charge is 2.17. The molecule has 0 spiro atoms. The van der Waals surface area contributed by atoms with E-state index in [1.807, 2.05) is 0 Å². The van der Waals surface area contributed by atoms with Crippen LogP contribution in [0.25, 0.3) is 93.6 Å². The van der Waals surface area contributed by atoms with E-state index in [0.29, 0.717) is 0 Å². The van der Waals surface area contributed by atoms with Crippen LogP contribution in [0, 0.1) is 0 Å². The molecule has 11 rings (SSSR count). The Morgan fingerprint density at radius 1 is 0.216 bits per heavy atom. The van der Waals surface area contributed by atoms with Crippen molar-refractivity contribution in [3.8, 4) is 28.2 Å². The molecule has 11 aromatic rings. The van der Waals surface area contributed by atoms with Crippen LogP contribution in [-0.4, -0.2) is 13.7 Å². The summed E-state index contributed by atoms with van der Waals surface area (Å²) in [7, 11) is 0. The topological polar surface area (TPSA) is 14.8 Å². The predicted molar refractivity (Wildman–Crippen MR) is 215 cm³/mol. The van der Waals surface area contributed by atoms with Crippen molar-refractivity contribution >= 4 is 65.4 Å². The average molecular weight is 650 g/mol. The SMILES string of the molecule is c1ccc(-n2c3ccccc3c3ccc(-c4cccc(-n5c6ccccc6c6cc(-n7c8ccccc8c8ccccc87)ccc65)c4)cc32)cc1. The van der Waals surface area contributed by atoms with Crippen LogP contribution in [0.3, 0.4) is 0 Å². The molecule has 0 bridgehead atoms. The molecule has 3 heterocycles. The van der Waals surface area contributed by atoms with Crippen LogP contribution < -0.4 is 0 Å². The van der Waals surface area contributed by atoms with E-state index >= 15 is 0 Å². The molecule has 0 unspecified atom stereocenters. The van der Waals surface area contributed by atoms with Crippen molar-refractivity contribution in [2.75, 3.05) is 0 Å². The second-order valence-corrected chi connectivity index (χ2v) is 13.4. The Morgan fingerprint density at radius 3 is 1.25 bits per heavy atom. The van der Waals surface area contributed by atoms with Crippen molar-refractivity contribution in [2.24, 2.45) is 0 Å². The van der Waals surface area contributed by atoms with Crippen LogP contribution in [-0.2, 0) is 0 Å². The smallest absolute Gasteiger partial charge is 0.0547 e. The minimum absolute atomic E-state index is 1.15. The van der Waals surface area contributed by atoms with Gasteiger partial charge in [-0.3, -0.25) is 0 Å². The van der Waals surface area contributed by atoms with Crippen LogP contribution in [0.1, 0.15) is 0 Å². The van der Waals surface area contributed by atoms with Crippen LogP contribution >= 0.6 is 0 Å². The number of nitrogens with zero attached hydrogens (tertiary/aromatic N) is 3. The summed E-state index contributed by atoms with van der Waals surface area (Å²) in [6, 6.07) is 68.4. The Balaban J connectivity index is 1.10. The lowest BCUT2D eigenvalue weighted by molar-refractivity contribution is 1.16. The Labute approximate surface area is 294 Å². The van der Waals surface area contributed by atoms with E-state index < -0.39 is 0 Å². The molecule has 8 aromatic carbocycles. The summed E-state index contributed by atoms with van der Waals surface area (Å²) in [6.07, 6.45) is 0. The zero-order valence-corrected chi connectivity index (χ0v) is 27.7. The van der Waals surface area contributed by atoms with Crippen molar-refractivity contribution in [1.29, 1.82) is 0 Å². The van der Waals surface area contributed by atoms with E-state index in [-0.39, 0.29) is 0 Å². The van der Waals surface area contributed by atoms with Crippen molar-refractivity contribution in [2.45, 2.75) is 0 Å². The summed E-state index contributed by atoms with van der Waals surface area (Å²) < 4.78 is 7.21. The van der Waals surface area contributed by atoms with Crippen LogP contribution in [0.4, 0.5) is 0 Å². The van der Waals surface area contributed by atoms with Gasteiger partial charge >= 0.3 is 0 Å². The van der Waals surface area contributed by atoms with Crippen molar-refractivity contribution in [1.82, 2.24) is 13.7 Å². The first-order valence-electron chi connectivity index (χ1n) is 17.5. The first-order valence-corrected chi connectivity index (χ1v) is 17.5. The molecular weight excluding hydrogens is 619 g/mol. The first kappa shape index (κ1) is 28.0. The largest absolute Gasteiger partial charge is 0.309 e. The fourth-order valence-electron chi connectivity index (χ4n) is 8.41. The van der Waals surface area contributed by atoms with Gasteiger partial charge in [-0.1, -0.05) is 115 Å². The number of hydrogen-bond donors (Lipinski definition) is 0. The molecule has 0 amide bonds. The Bertz CT molecular complexity index is 3080. The molecule has 51 heavy (non-hydrogen) atoms. The van der Waals surface area contributed by atoms with Gasteiger partial charge in [0.1, 0.15) is 0 Å². The molecule has 0 fully saturated rings. The zero-order valence-electron chi connectivity index (χ0n) is 27.7. The summed E-state index contributed by atoms with van der Waals surface area (Å²) in [5.41, 5.74) is 13.1. The molecule has 0 radical (unpaired) electrons. The molecule has 0 saturated heterocycles. The normalized spacial score (nSPS) is 11.9. The lowest BCUT2D eigenvalue weighted by Crippen LogP contribution is -1.96. The number of fused-ring (bicyclic) bond motifs is 9. The Morgan fingerprint density at radius 2 is 0.647 bits per heavy atom. The van der Waals surface area contributed by atoms with E-state index in [9.17, 15) is 0 Å². The first-order chi connectivity index (χ1) is 25.3. The van der Waals surface area contributed by atoms with Gasteiger partial charge in [0.25, 0.3) is 0 Å². The monoisotopic (exact) mass is 649 g/mol. The Kier molecular flexibility index (Phi) is 5.96. The molecule has 3 heteroatoms. The van der Waals surface area contributed by atoms with Gasteiger partial charge in [0.15, 0.2) is 0 Å². The summed E-state index contributed by atoms with van der Waals surface area (Å²) in [5.74, 6) is 0. The zero-order chi connectivity index (χ0) is 33.5. The molecule has 238 valence electrons. The van der Waals surface area contributed by atoms with Gasteiger partial charge in [0, 0.05) is 49.4 Å². The van der Waals surface area contributed by atoms with Crippen LogP contribution in [0.2, 0.25) is 0 Å². The summed E-state index contributed by atoms with van der Waals surface area (Å²) >= 11 is 0. The fraction of sp³-hybridized carbons (Fsp3) is 0. The quantitative estimate of drug-likeness (QED) is 0.180. The van der Waals surface area contributed by atoms with Gasteiger partial charge in [0.05, 0.1) is 33.1 Å². The highest BCUT2D eigenvalue weighted by Crippen LogP contribution is 2.39. The van der Waals surface area contributed by atoms with E-state index in [2.05, 4.69) is 202 Å². The molecule has 3 nitrogen and oxygen atoms in total. The molecule has 0 N–H and O–H groups in total. The summed E-state index contributed by atoms with van der Waals surface area (Å²) in [5, 5.41) is 7.56. The van der Waals surface area contributed by atoms with Gasteiger partial charge in [-0.2, -0.15) is 0 Å². The standard InChI is InChI=1S/C48H31N3/c1-2-14-34(15-3-1)49-43-21-8-6-19-39(43)41-27-25-33(30-48(41)49)32-13-12-16-35(29-32)50-46-24-11-7-20-40(46)42-31-36(26-28-47(42)50)51-44-22-9-4-17-37(44)38-18-5-10-23-45(38)51/h1-31H. The van der Waals surface area contributed by atoms with Crippen LogP contribution in [0.15, 0.2) is 188 Å². The highest BCUT2D eigenvalue weighted by atomic mass is 15.0. The van der Waals surface area contributed by atoms with E-state index in [1.54, 1.807) is 0 Å². The number of para-hydroxylation sites is 5. The van der Waals surface area contributed by atoms with Gasteiger partial charge in [0.2, 0.25) is 0 Å². The molecular formula is C48H31N3. The van der Waals surface area contributed by atoms with Crippen molar-refractivity contribution < 1.29 is 0 Å². The number of benzene rings is 8. The maximum atomic E-state index is 2.42. The molecule has 0 aliphatic rings. The molecule has 3 aromatic heterocycles. The van der Waals surface area contributed by atoms with Gasteiger partial charge in [-0.05, 0) is 83.9 Å². The van der Waals surface area contributed by atoms with Gasteiger partial charge < -0.3 is 13.7 Å². The molecule has 0 atom stereocenters. The molecule has 0 saturated carbocycles. The van der Waals surface area contributed by atoms with E-state index in [1.165, 1.54) is 87.9 Å². The Hall–Kier alpha value is -6.84. The summed E-state index contributed by atoms with van der Waals surface area (Å²) in [6.45, 7) is 0. The summed E-state index contributed by atoms with van der Waals surface area (Å²) in [4.78, 5) is 0. The van der Waals surface area contributed by atoms with Crippen LogP contribution in [0.5, 0.6) is 0 Å². The minimum atomic E-state index is 1.15. The van der Waals surface area contributed by atoms with E-state index in [0.717, 1.165) is 5.69 Å². The lowest BCUT2D eigenvalue weighted by Gasteiger charge is -2.12. The lowest BCUT2D eigenvalue weighted by atomic mass is 10.0. The number of hydrogen-bond acceptors (Lipinski definition) is 0. The van der Waals surface area contributed by atoms with E-state index in [4.69, 9.17) is 0 Å². The maximum Gasteiger partial charge on any atom is 0.0547 e. The third-order valence-corrected chi connectivity index (χ3v) is 10.6. The minimum Gasteiger partial charge on any atom is -0.309 e. The molecule has 0 aliphatic carbocycles.